The summed E-state index contributed by atoms with van der Waals surface area (Å²) in [6, 6.07) is 2.69. The average Bonchev–Trinajstić information content (AvgIpc) is 2.37. The summed E-state index contributed by atoms with van der Waals surface area (Å²) in [5.74, 6) is 0.647. The predicted octanol–water partition coefficient (Wildman–Crippen LogP) is 4.66. The van der Waals surface area contributed by atoms with Crippen molar-refractivity contribution in [3.05, 3.63) is 48.2 Å². The molecule has 9 heteroatoms. The molecule has 2 rings (SSSR count). The second kappa shape index (κ2) is 6.02. The van der Waals surface area contributed by atoms with E-state index in [9.17, 15) is 10.1 Å². The minimum absolute atomic E-state index is 0.0553. The molecular formula is C11H6Br2ClN3O3. The van der Waals surface area contributed by atoms with Crippen LogP contribution in [0.4, 0.5) is 5.69 Å². The Morgan fingerprint density at radius 1 is 1.35 bits per heavy atom. The van der Waals surface area contributed by atoms with E-state index in [2.05, 4.69) is 41.8 Å². The number of nitro benzene ring substituents is 1. The van der Waals surface area contributed by atoms with Crippen LogP contribution in [0.25, 0.3) is 0 Å². The molecule has 0 spiro atoms. The molecule has 0 aliphatic heterocycles. The maximum absolute atomic E-state index is 10.8. The minimum Gasteiger partial charge on any atom is -0.436 e. The van der Waals surface area contributed by atoms with Crippen molar-refractivity contribution in [2.45, 2.75) is 6.92 Å². The first kappa shape index (κ1) is 15.1. The Labute approximate surface area is 135 Å². The maximum Gasteiger partial charge on any atom is 0.271 e. The molecule has 2 aromatic rings. The van der Waals surface area contributed by atoms with E-state index in [-0.39, 0.29) is 16.9 Å². The third kappa shape index (κ3) is 3.25. The Kier molecular flexibility index (Phi) is 4.56. The molecule has 1 aromatic heterocycles. The molecule has 0 N–H and O–H groups in total. The molecule has 104 valence electrons. The van der Waals surface area contributed by atoms with Gasteiger partial charge in [0.2, 0.25) is 11.2 Å². The van der Waals surface area contributed by atoms with E-state index >= 15 is 0 Å². The summed E-state index contributed by atoms with van der Waals surface area (Å²) in [6.45, 7) is 1.76. The molecule has 1 aromatic carbocycles. The number of nitrogens with zero attached hydrogens (tertiary/aromatic N) is 3. The topological polar surface area (TPSA) is 78.2 Å². The van der Waals surface area contributed by atoms with Gasteiger partial charge in [-0.2, -0.15) is 4.98 Å². The van der Waals surface area contributed by atoms with Gasteiger partial charge in [0, 0.05) is 23.9 Å². The van der Waals surface area contributed by atoms with Crippen LogP contribution in [0.2, 0.25) is 5.28 Å². The van der Waals surface area contributed by atoms with E-state index in [1.807, 2.05) is 0 Å². The first-order valence-electron chi connectivity index (χ1n) is 5.19. The molecule has 0 amide bonds. The molecular weight excluding hydrogens is 417 g/mol. The van der Waals surface area contributed by atoms with Crippen molar-refractivity contribution in [1.29, 1.82) is 0 Å². The average molecular weight is 423 g/mol. The van der Waals surface area contributed by atoms with Crippen LogP contribution in [0.1, 0.15) is 5.56 Å². The number of rotatable bonds is 3. The fourth-order valence-corrected chi connectivity index (χ4v) is 2.81. The standard InChI is InChI=1S/C11H6Br2ClN3O3/c1-5-4-15-11(14)16-10(5)20-9-7(12)2-6(17(18)19)3-8(9)13/h2-4H,1H3. The molecule has 0 atom stereocenters. The number of hydrogen-bond donors (Lipinski definition) is 0. The summed E-state index contributed by atoms with van der Waals surface area (Å²) < 4.78 is 6.48. The van der Waals surface area contributed by atoms with E-state index in [0.717, 1.165) is 0 Å². The molecule has 20 heavy (non-hydrogen) atoms. The lowest BCUT2D eigenvalue weighted by atomic mass is 10.3. The highest BCUT2D eigenvalue weighted by Gasteiger charge is 2.17. The van der Waals surface area contributed by atoms with Gasteiger partial charge in [0.25, 0.3) is 5.69 Å². The number of ether oxygens (including phenoxy) is 1. The van der Waals surface area contributed by atoms with E-state index < -0.39 is 4.92 Å². The van der Waals surface area contributed by atoms with Crippen LogP contribution in [0.15, 0.2) is 27.3 Å². The van der Waals surface area contributed by atoms with Crippen LogP contribution in [-0.2, 0) is 0 Å². The highest BCUT2D eigenvalue weighted by atomic mass is 79.9. The molecule has 1 heterocycles. The zero-order valence-electron chi connectivity index (χ0n) is 9.93. The quantitative estimate of drug-likeness (QED) is 0.407. The van der Waals surface area contributed by atoms with Gasteiger partial charge < -0.3 is 4.74 Å². The Hall–Kier alpha value is -1.25. The first-order valence-corrected chi connectivity index (χ1v) is 7.15. The molecule has 6 nitrogen and oxygen atoms in total. The highest BCUT2D eigenvalue weighted by molar-refractivity contribution is 9.11. The zero-order valence-corrected chi connectivity index (χ0v) is 13.9. The maximum atomic E-state index is 10.8. The largest absolute Gasteiger partial charge is 0.436 e. The van der Waals surface area contributed by atoms with Crippen molar-refractivity contribution in [2.75, 3.05) is 0 Å². The lowest BCUT2D eigenvalue weighted by molar-refractivity contribution is -0.385. The van der Waals surface area contributed by atoms with Crippen molar-refractivity contribution in [3.63, 3.8) is 0 Å². The minimum atomic E-state index is -0.494. The van der Waals surface area contributed by atoms with Gasteiger partial charge in [-0.05, 0) is 50.4 Å². The number of halogens is 3. The van der Waals surface area contributed by atoms with Crippen molar-refractivity contribution in [2.24, 2.45) is 0 Å². The number of aromatic nitrogens is 2. The lowest BCUT2D eigenvalue weighted by Crippen LogP contribution is -1.96. The lowest BCUT2D eigenvalue weighted by Gasteiger charge is -2.10. The third-order valence-corrected chi connectivity index (χ3v) is 3.65. The van der Waals surface area contributed by atoms with Gasteiger partial charge in [0.15, 0.2) is 5.75 Å². The molecule has 0 fully saturated rings. The fraction of sp³-hybridized carbons (Fsp3) is 0.0909. The van der Waals surface area contributed by atoms with Crippen molar-refractivity contribution >= 4 is 49.1 Å². The number of non-ortho nitro benzene ring substituents is 1. The highest BCUT2D eigenvalue weighted by Crippen LogP contribution is 2.39. The van der Waals surface area contributed by atoms with Gasteiger partial charge >= 0.3 is 0 Å². The molecule has 0 saturated carbocycles. The summed E-state index contributed by atoms with van der Waals surface area (Å²) >= 11 is 12.2. The summed E-state index contributed by atoms with van der Waals surface area (Å²) in [4.78, 5) is 18.1. The molecule has 0 saturated heterocycles. The van der Waals surface area contributed by atoms with Gasteiger partial charge in [-0.25, -0.2) is 4.98 Å². The molecule has 0 bridgehead atoms. The van der Waals surface area contributed by atoms with E-state index in [4.69, 9.17) is 16.3 Å². The van der Waals surface area contributed by atoms with Crippen LogP contribution in [0.3, 0.4) is 0 Å². The summed E-state index contributed by atoms with van der Waals surface area (Å²) in [5.41, 5.74) is 0.625. The van der Waals surface area contributed by atoms with E-state index in [0.29, 0.717) is 20.3 Å². The van der Waals surface area contributed by atoms with Crippen molar-refractivity contribution in [1.82, 2.24) is 9.97 Å². The number of benzene rings is 1. The Morgan fingerprint density at radius 3 is 2.50 bits per heavy atom. The van der Waals surface area contributed by atoms with Gasteiger partial charge in [-0.1, -0.05) is 0 Å². The number of nitro groups is 1. The second-order valence-corrected chi connectivity index (χ2v) is 5.77. The van der Waals surface area contributed by atoms with E-state index in [1.54, 1.807) is 6.92 Å². The summed E-state index contributed by atoms with van der Waals surface area (Å²) in [5, 5.41) is 10.8. The second-order valence-electron chi connectivity index (χ2n) is 3.72. The third-order valence-electron chi connectivity index (χ3n) is 2.29. The van der Waals surface area contributed by atoms with Crippen molar-refractivity contribution < 1.29 is 9.66 Å². The zero-order chi connectivity index (χ0) is 14.9. The van der Waals surface area contributed by atoms with Crippen LogP contribution < -0.4 is 4.74 Å². The summed E-state index contributed by atoms with van der Waals surface area (Å²) in [6.07, 6.45) is 1.53. The van der Waals surface area contributed by atoms with Crippen LogP contribution in [0.5, 0.6) is 11.6 Å². The van der Waals surface area contributed by atoms with Gasteiger partial charge in [-0.15, -0.1) is 0 Å². The van der Waals surface area contributed by atoms with Gasteiger partial charge in [0.1, 0.15) is 0 Å². The number of aryl methyl sites for hydroxylation is 1. The molecule has 0 aliphatic rings. The summed E-state index contributed by atoms with van der Waals surface area (Å²) in [7, 11) is 0. The first-order chi connectivity index (χ1) is 9.38. The number of hydrogen-bond acceptors (Lipinski definition) is 5. The smallest absolute Gasteiger partial charge is 0.271 e. The van der Waals surface area contributed by atoms with Crippen molar-refractivity contribution in [3.8, 4) is 11.6 Å². The molecule has 0 unspecified atom stereocenters. The molecule has 0 radical (unpaired) electrons. The van der Waals surface area contributed by atoms with Crippen LogP contribution >= 0.6 is 43.5 Å². The molecule has 0 aliphatic carbocycles. The van der Waals surface area contributed by atoms with Crippen LogP contribution in [0, 0.1) is 17.0 Å². The SMILES string of the molecule is Cc1cnc(Cl)nc1Oc1c(Br)cc([N+](=O)[O-])cc1Br. The Balaban J connectivity index is 2.44. The van der Waals surface area contributed by atoms with Gasteiger partial charge in [0.05, 0.1) is 13.9 Å². The van der Waals surface area contributed by atoms with E-state index in [1.165, 1.54) is 18.3 Å². The monoisotopic (exact) mass is 421 g/mol. The fourth-order valence-electron chi connectivity index (χ4n) is 1.36. The predicted molar refractivity (Wildman–Crippen MR) is 80.3 cm³/mol. The van der Waals surface area contributed by atoms with Crippen LogP contribution in [-0.4, -0.2) is 14.9 Å². The normalized spacial score (nSPS) is 10.4. The van der Waals surface area contributed by atoms with Gasteiger partial charge in [-0.3, -0.25) is 10.1 Å². The Bertz CT molecular complexity index is 674. The Morgan fingerprint density at radius 2 is 1.95 bits per heavy atom.